The number of carboxylic acids is 1. The van der Waals surface area contributed by atoms with Crippen molar-refractivity contribution < 1.29 is 33.8 Å². The Labute approximate surface area is 209 Å². The predicted octanol–water partition coefficient (Wildman–Crippen LogP) is 2.13. The van der Waals surface area contributed by atoms with Gasteiger partial charge in [-0.25, -0.2) is 4.79 Å². The molecule has 0 bridgehead atoms. The normalized spacial score (nSPS) is 22.5. The second-order valence-corrected chi connectivity index (χ2v) is 10.3. The average Bonchev–Trinajstić information content (AvgIpc) is 3.24. The highest BCUT2D eigenvalue weighted by molar-refractivity contribution is 7.18. The van der Waals surface area contributed by atoms with Crippen LogP contribution >= 0.6 is 11.3 Å². The minimum atomic E-state index is -0.951. The molecule has 184 valence electrons. The van der Waals surface area contributed by atoms with E-state index in [4.69, 9.17) is 0 Å². The van der Waals surface area contributed by atoms with Crippen LogP contribution in [0, 0.1) is 17.8 Å². The molecular formula is C26H39ClN2O3S. The number of benzene rings is 1. The first-order valence-electron chi connectivity index (χ1n) is 11.6. The van der Waals surface area contributed by atoms with E-state index in [1.165, 1.54) is 11.3 Å². The SMILES string of the molecule is C.CC1CCC(C(=O)N(CC2CCC[NH2+]C2)c2cc(-c3ccccc3)sc2C(=O)O)CC1.[Cl-].[HH]. The highest BCUT2D eigenvalue weighted by Gasteiger charge is 2.34. The second-order valence-electron chi connectivity index (χ2n) is 9.22. The number of hydrogen-bond acceptors (Lipinski definition) is 3. The number of nitrogens with zero attached hydrogens (tertiary/aromatic N) is 1. The molecule has 1 unspecified atom stereocenters. The smallest absolute Gasteiger partial charge is 0.348 e. The van der Waals surface area contributed by atoms with Crippen LogP contribution in [0.1, 0.15) is 64.0 Å². The van der Waals surface area contributed by atoms with Crippen LogP contribution in [0.4, 0.5) is 5.69 Å². The number of carboxylic acid groups (broad SMARTS) is 1. The largest absolute Gasteiger partial charge is 1.00 e. The quantitative estimate of drug-likeness (QED) is 0.646. The van der Waals surface area contributed by atoms with Crippen molar-refractivity contribution in [1.29, 1.82) is 0 Å². The Bertz CT molecular complexity index is 910. The number of halogens is 1. The molecule has 1 aromatic heterocycles. The molecule has 1 saturated heterocycles. The maximum atomic E-state index is 13.7. The van der Waals surface area contributed by atoms with Gasteiger partial charge in [0.2, 0.25) is 5.91 Å². The zero-order valence-electron chi connectivity index (χ0n) is 18.6. The third-order valence-corrected chi connectivity index (χ3v) is 8.01. The highest BCUT2D eigenvalue weighted by atomic mass is 35.5. The lowest BCUT2D eigenvalue weighted by Crippen LogP contribution is -3.00. The van der Waals surface area contributed by atoms with Gasteiger partial charge < -0.3 is 27.7 Å². The Kier molecular flexibility index (Phi) is 10.4. The van der Waals surface area contributed by atoms with Crippen LogP contribution in [-0.4, -0.2) is 36.6 Å². The lowest BCUT2D eigenvalue weighted by Gasteiger charge is -2.33. The van der Waals surface area contributed by atoms with E-state index in [1.807, 2.05) is 41.3 Å². The summed E-state index contributed by atoms with van der Waals surface area (Å²) in [4.78, 5) is 28.9. The third kappa shape index (κ3) is 6.58. The zero-order chi connectivity index (χ0) is 21.8. The summed E-state index contributed by atoms with van der Waals surface area (Å²) in [6, 6.07) is 11.8. The number of anilines is 1. The molecule has 1 aliphatic carbocycles. The van der Waals surface area contributed by atoms with E-state index in [-0.39, 0.29) is 38.0 Å². The van der Waals surface area contributed by atoms with E-state index in [1.54, 1.807) is 0 Å². The molecular weight excluding hydrogens is 456 g/mol. The van der Waals surface area contributed by atoms with Gasteiger partial charge in [0.15, 0.2) is 0 Å². The molecule has 1 saturated carbocycles. The summed E-state index contributed by atoms with van der Waals surface area (Å²) in [5.74, 6) is 0.253. The zero-order valence-corrected chi connectivity index (χ0v) is 20.2. The summed E-state index contributed by atoms with van der Waals surface area (Å²) < 4.78 is 0. The Morgan fingerprint density at radius 1 is 1.15 bits per heavy atom. The Morgan fingerprint density at radius 2 is 1.85 bits per heavy atom. The first-order valence-corrected chi connectivity index (χ1v) is 12.4. The number of piperidine rings is 1. The lowest BCUT2D eigenvalue weighted by molar-refractivity contribution is -0.668. The van der Waals surface area contributed by atoms with Crippen molar-refractivity contribution in [2.24, 2.45) is 17.8 Å². The van der Waals surface area contributed by atoms with Crippen LogP contribution in [0.25, 0.3) is 10.4 Å². The lowest BCUT2D eigenvalue weighted by atomic mass is 9.82. The molecule has 1 atom stereocenters. The van der Waals surface area contributed by atoms with Gasteiger partial charge in [-0.1, -0.05) is 44.7 Å². The van der Waals surface area contributed by atoms with Crippen molar-refractivity contribution in [2.45, 2.75) is 52.9 Å². The summed E-state index contributed by atoms with van der Waals surface area (Å²) in [7, 11) is 0. The maximum absolute atomic E-state index is 13.7. The van der Waals surface area contributed by atoms with Gasteiger partial charge in [0.25, 0.3) is 0 Å². The van der Waals surface area contributed by atoms with Crippen molar-refractivity contribution in [3.8, 4) is 10.4 Å². The molecule has 1 amide bonds. The molecule has 2 aromatic rings. The maximum Gasteiger partial charge on any atom is 0.348 e. The molecule has 7 heteroatoms. The average molecular weight is 495 g/mol. The molecule has 1 aliphatic heterocycles. The number of carbonyl (C=O) groups excluding carboxylic acids is 1. The number of nitrogens with two attached hydrogens (primary N) is 1. The molecule has 2 fully saturated rings. The number of aromatic carboxylic acids is 1. The number of thiophene rings is 1. The van der Waals surface area contributed by atoms with Gasteiger partial charge in [0.05, 0.1) is 18.8 Å². The molecule has 4 rings (SSSR count). The molecule has 3 N–H and O–H groups in total. The second kappa shape index (κ2) is 12.5. The number of amides is 1. The van der Waals surface area contributed by atoms with Gasteiger partial charge in [-0.2, -0.15) is 0 Å². The summed E-state index contributed by atoms with van der Waals surface area (Å²) in [6.45, 7) is 5.02. The van der Waals surface area contributed by atoms with Crippen LogP contribution in [0.5, 0.6) is 0 Å². The Hall–Kier alpha value is -1.89. The number of carbonyl (C=O) groups is 2. The van der Waals surface area contributed by atoms with Gasteiger partial charge >= 0.3 is 5.97 Å². The van der Waals surface area contributed by atoms with E-state index < -0.39 is 5.97 Å². The fraction of sp³-hybridized carbons (Fsp3) is 0.538. The molecule has 0 spiro atoms. The van der Waals surface area contributed by atoms with Crippen LogP contribution in [-0.2, 0) is 4.79 Å². The first-order chi connectivity index (χ1) is 15.0. The van der Waals surface area contributed by atoms with Crippen LogP contribution in [0.2, 0.25) is 0 Å². The minimum absolute atomic E-state index is 0. The highest BCUT2D eigenvalue weighted by Crippen LogP contribution is 2.39. The van der Waals surface area contributed by atoms with Crippen molar-refractivity contribution >= 4 is 28.9 Å². The Morgan fingerprint density at radius 3 is 2.45 bits per heavy atom. The Balaban J connectivity index is 0.00000193. The number of quaternary nitrogens is 1. The van der Waals surface area contributed by atoms with Crippen molar-refractivity contribution in [2.75, 3.05) is 24.5 Å². The van der Waals surface area contributed by atoms with Crippen LogP contribution in [0.15, 0.2) is 36.4 Å². The van der Waals surface area contributed by atoms with Gasteiger partial charge in [-0.3, -0.25) is 4.79 Å². The number of rotatable bonds is 6. The molecule has 5 nitrogen and oxygen atoms in total. The van der Waals surface area contributed by atoms with Gasteiger partial charge in [-0.05, 0) is 56.1 Å². The fourth-order valence-electron chi connectivity index (χ4n) is 4.96. The molecule has 0 radical (unpaired) electrons. The summed E-state index contributed by atoms with van der Waals surface area (Å²) >= 11 is 1.27. The van der Waals surface area contributed by atoms with Gasteiger partial charge in [0.1, 0.15) is 4.88 Å². The summed E-state index contributed by atoms with van der Waals surface area (Å²) in [5.41, 5.74) is 1.58. The third-order valence-electron chi connectivity index (χ3n) is 6.85. The van der Waals surface area contributed by atoms with E-state index >= 15 is 0 Å². The monoisotopic (exact) mass is 494 g/mol. The van der Waals surface area contributed by atoms with Gasteiger partial charge in [0, 0.05) is 24.7 Å². The van der Waals surface area contributed by atoms with Crippen LogP contribution < -0.4 is 22.6 Å². The molecule has 2 heterocycles. The topological polar surface area (TPSA) is 74.2 Å². The van der Waals surface area contributed by atoms with Crippen molar-refractivity contribution in [3.63, 3.8) is 0 Å². The standard InChI is InChI=1S/C25H32N2O3S.CH4.ClH.H2/c1-17-9-11-20(12-10-17)24(28)27(16-18-6-5-13-26-15-18)21-14-22(31-23(21)25(29)30)19-7-3-2-4-8-19;;;/h2-4,7-8,14,17-18,20,26H,5-6,9-13,15-16H2,1H3,(H,29,30);1H4;2*1H. The molecule has 1 aromatic carbocycles. The molecule has 2 aliphatic rings. The van der Waals surface area contributed by atoms with Crippen molar-refractivity contribution in [1.82, 2.24) is 0 Å². The molecule has 33 heavy (non-hydrogen) atoms. The summed E-state index contributed by atoms with van der Waals surface area (Å²) in [6.07, 6.45) is 6.22. The summed E-state index contributed by atoms with van der Waals surface area (Å²) in [5, 5.41) is 12.3. The van der Waals surface area contributed by atoms with E-state index in [0.717, 1.165) is 62.1 Å². The first kappa shape index (κ1) is 27.4. The van der Waals surface area contributed by atoms with E-state index in [2.05, 4.69) is 12.2 Å². The number of hydrogen-bond donors (Lipinski definition) is 2. The van der Waals surface area contributed by atoms with E-state index in [0.29, 0.717) is 24.1 Å². The van der Waals surface area contributed by atoms with Gasteiger partial charge in [-0.15, -0.1) is 11.3 Å². The minimum Gasteiger partial charge on any atom is -1.00 e. The van der Waals surface area contributed by atoms with Crippen LogP contribution in [0.3, 0.4) is 0 Å². The van der Waals surface area contributed by atoms with Crippen molar-refractivity contribution in [3.05, 3.63) is 41.3 Å². The fourth-order valence-corrected chi connectivity index (χ4v) is 5.97. The van der Waals surface area contributed by atoms with E-state index in [9.17, 15) is 14.7 Å². The predicted molar refractivity (Wildman–Crippen MR) is 133 cm³/mol.